The van der Waals surface area contributed by atoms with E-state index in [-0.39, 0.29) is 5.97 Å². The fraction of sp³-hybridized carbons (Fsp3) is 0.929. The van der Waals surface area contributed by atoms with Crippen LogP contribution < -0.4 is 0 Å². The zero-order chi connectivity index (χ0) is 13.3. The first-order valence-corrected chi connectivity index (χ1v) is 6.60. The molecule has 0 unspecified atom stereocenters. The predicted octanol–water partition coefficient (Wildman–Crippen LogP) is 3.05. The Morgan fingerprint density at radius 1 is 1.24 bits per heavy atom. The Morgan fingerprint density at radius 2 is 1.71 bits per heavy atom. The first-order chi connectivity index (χ1) is 7.65. The molecule has 0 radical (unpaired) electrons. The number of carbonyl (C=O) groups excluding carboxylic acids is 1. The van der Waals surface area contributed by atoms with E-state index in [1.807, 2.05) is 20.8 Å². The van der Waals surface area contributed by atoms with Crippen molar-refractivity contribution in [3.63, 3.8) is 0 Å². The Morgan fingerprint density at radius 3 is 2.06 bits per heavy atom. The number of rotatable bonds is 4. The number of esters is 1. The molecule has 1 rings (SSSR count). The highest BCUT2D eigenvalue weighted by atomic mass is 16.6. The van der Waals surface area contributed by atoms with Crippen molar-refractivity contribution in [1.29, 1.82) is 0 Å². The summed E-state index contributed by atoms with van der Waals surface area (Å²) in [5.41, 5.74) is -2.12. The van der Waals surface area contributed by atoms with Gasteiger partial charge in [-0.05, 0) is 59.8 Å². The van der Waals surface area contributed by atoms with E-state index < -0.39 is 16.6 Å². The summed E-state index contributed by atoms with van der Waals surface area (Å²) in [5, 5.41) is 10.3. The number of aliphatic hydroxyl groups is 1. The summed E-state index contributed by atoms with van der Waals surface area (Å²) < 4.78 is 5.73. The second-order valence-electron chi connectivity index (χ2n) is 6.39. The van der Waals surface area contributed by atoms with Crippen LogP contribution in [0.4, 0.5) is 0 Å². The van der Waals surface area contributed by atoms with E-state index in [1.165, 1.54) is 0 Å². The van der Waals surface area contributed by atoms with Gasteiger partial charge in [0.05, 0.1) is 11.0 Å². The second-order valence-corrected chi connectivity index (χ2v) is 6.39. The summed E-state index contributed by atoms with van der Waals surface area (Å²) >= 11 is 0. The van der Waals surface area contributed by atoms with Crippen LogP contribution in [-0.2, 0) is 9.53 Å². The van der Waals surface area contributed by atoms with Gasteiger partial charge in [-0.15, -0.1) is 0 Å². The molecule has 0 spiro atoms. The summed E-state index contributed by atoms with van der Waals surface area (Å²) in [4.78, 5) is 12.2. The lowest BCUT2D eigenvalue weighted by atomic mass is 9.83. The average Bonchev–Trinajstić information content (AvgIpc) is 2.66. The molecule has 0 aromatic carbocycles. The van der Waals surface area contributed by atoms with Crippen molar-refractivity contribution >= 4 is 5.97 Å². The maximum Gasteiger partial charge on any atom is 0.312 e. The minimum atomic E-state index is -0.969. The van der Waals surface area contributed by atoms with Crippen molar-refractivity contribution in [3.8, 4) is 0 Å². The third-order valence-corrected chi connectivity index (χ3v) is 4.25. The molecule has 1 N–H and O–H groups in total. The number of hydrogen-bond acceptors (Lipinski definition) is 3. The van der Waals surface area contributed by atoms with Crippen LogP contribution in [0.2, 0.25) is 0 Å². The monoisotopic (exact) mass is 242 g/mol. The molecular formula is C14H26O3. The minimum Gasteiger partial charge on any atom is -0.456 e. The third kappa shape index (κ3) is 2.82. The van der Waals surface area contributed by atoms with E-state index >= 15 is 0 Å². The molecule has 100 valence electrons. The standard InChI is InChI=1S/C14H26O3/c1-6-12(2,3)11(15)17-14(13(4,5)16)9-7-8-10-14/h16H,6-10H2,1-5H3. The van der Waals surface area contributed by atoms with Crippen molar-refractivity contribution < 1.29 is 14.6 Å². The maximum absolute atomic E-state index is 12.2. The molecular weight excluding hydrogens is 216 g/mol. The number of ether oxygens (including phenoxy) is 1. The van der Waals surface area contributed by atoms with Crippen LogP contribution in [0.3, 0.4) is 0 Å². The number of hydrogen-bond donors (Lipinski definition) is 1. The highest BCUT2D eigenvalue weighted by Crippen LogP contribution is 2.43. The lowest BCUT2D eigenvalue weighted by Gasteiger charge is -2.41. The van der Waals surface area contributed by atoms with Crippen LogP contribution in [0.15, 0.2) is 0 Å². The summed E-state index contributed by atoms with van der Waals surface area (Å²) in [6, 6.07) is 0. The van der Waals surface area contributed by atoms with Crippen LogP contribution in [0, 0.1) is 5.41 Å². The van der Waals surface area contributed by atoms with Crippen LogP contribution in [0.25, 0.3) is 0 Å². The zero-order valence-electron chi connectivity index (χ0n) is 11.8. The summed E-state index contributed by atoms with van der Waals surface area (Å²) in [6.07, 6.45) is 4.31. The van der Waals surface area contributed by atoms with Gasteiger partial charge in [-0.2, -0.15) is 0 Å². The fourth-order valence-corrected chi connectivity index (χ4v) is 2.24. The lowest BCUT2D eigenvalue weighted by Crippen LogP contribution is -2.52. The van der Waals surface area contributed by atoms with Crippen LogP contribution in [0.1, 0.15) is 66.7 Å². The molecule has 1 aliphatic carbocycles. The SMILES string of the molecule is CCC(C)(C)C(=O)OC1(C(C)(C)O)CCCC1. The van der Waals surface area contributed by atoms with E-state index in [1.54, 1.807) is 13.8 Å². The van der Waals surface area contributed by atoms with Gasteiger partial charge in [0.15, 0.2) is 0 Å². The molecule has 0 aliphatic heterocycles. The molecule has 0 saturated heterocycles. The molecule has 0 aromatic rings. The summed E-state index contributed by atoms with van der Waals surface area (Å²) in [6.45, 7) is 9.24. The number of carbonyl (C=O) groups is 1. The van der Waals surface area contributed by atoms with Crippen molar-refractivity contribution in [2.45, 2.75) is 77.9 Å². The maximum atomic E-state index is 12.2. The molecule has 0 atom stereocenters. The Bertz CT molecular complexity index is 280. The van der Waals surface area contributed by atoms with Gasteiger partial charge in [0.2, 0.25) is 0 Å². The third-order valence-electron chi connectivity index (χ3n) is 4.25. The van der Waals surface area contributed by atoms with E-state index in [4.69, 9.17) is 4.74 Å². The molecule has 3 nitrogen and oxygen atoms in total. The molecule has 0 bridgehead atoms. The van der Waals surface area contributed by atoms with Gasteiger partial charge in [-0.3, -0.25) is 4.79 Å². The summed E-state index contributed by atoms with van der Waals surface area (Å²) in [7, 11) is 0. The first-order valence-electron chi connectivity index (χ1n) is 6.60. The molecule has 1 saturated carbocycles. The quantitative estimate of drug-likeness (QED) is 0.771. The largest absolute Gasteiger partial charge is 0.456 e. The van der Waals surface area contributed by atoms with Gasteiger partial charge < -0.3 is 9.84 Å². The van der Waals surface area contributed by atoms with Crippen molar-refractivity contribution in [2.24, 2.45) is 5.41 Å². The topological polar surface area (TPSA) is 46.5 Å². The minimum absolute atomic E-state index is 0.191. The molecule has 17 heavy (non-hydrogen) atoms. The summed E-state index contributed by atoms with van der Waals surface area (Å²) in [5.74, 6) is -0.191. The lowest BCUT2D eigenvalue weighted by molar-refractivity contribution is -0.197. The van der Waals surface area contributed by atoms with E-state index in [9.17, 15) is 9.90 Å². The van der Waals surface area contributed by atoms with Crippen LogP contribution >= 0.6 is 0 Å². The van der Waals surface area contributed by atoms with Gasteiger partial charge in [0.1, 0.15) is 5.60 Å². The molecule has 0 heterocycles. The Balaban J connectivity index is 2.86. The van der Waals surface area contributed by atoms with Gasteiger partial charge >= 0.3 is 5.97 Å². The van der Waals surface area contributed by atoms with E-state index in [0.717, 1.165) is 32.1 Å². The molecule has 0 aromatic heterocycles. The van der Waals surface area contributed by atoms with Crippen molar-refractivity contribution in [1.82, 2.24) is 0 Å². The fourth-order valence-electron chi connectivity index (χ4n) is 2.24. The van der Waals surface area contributed by atoms with Crippen LogP contribution in [0.5, 0.6) is 0 Å². The van der Waals surface area contributed by atoms with Crippen LogP contribution in [-0.4, -0.2) is 22.3 Å². The smallest absolute Gasteiger partial charge is 0.312 e. The van der Waals surface area contributed by atoms with Gasteiger partial charge in [0, 0.05) is 0 Å². The molecule has 1 fully saturated rings. The Hall–Kier alpha value is -0.570. The van der Waals surface area contributed by atoms with E-state index in [2.05, 4.69) is 0 Å². The normalized spacial score (nSPS) is 20.4. The average molecular weight is 242 g/mol. The van der Waals surface area contributed by atoms with Gasteiger partial charge in [0.25, 0.3) is 0 Å². The molecule has 3 heteroatoms. The van der Waals surface area contributed by atoms with Crippen molar-refractivity contribution in [2.75, 3.05) is 0 Å². The van der Waals surface area contributed by atoms with E-state index in [0.29, 0.717) is 0 Å². The second kappa shape index (κ2) is 4.60. The van der Waals surface area contributed by atoms with Crippen molar-refractivity contribution in [3.05, 3.63) is 0 Å². The molecule has 0 amide bonds. The Labute approximate surface area is 105 Å². The van der Waals surface area contributed by atoms with Gasteiger partial charge in [-0.1, -0.05) is 6.92 Å². The first kappa shape index (κ1) is 14.5. The zero-order valence-corrected chi connectivity index (χ0v) is 11.8. The molecule has 1 aliphatic rings. The highest BCUT2D eigenvalue weighted by Gasteiger charge is 2.50. The highest BCUT2D eigenvalue weighted by molar-refractivity contribution is 5.76. The van der Waals surface area contributed by atoms with Gasteiger partial charge in [-0.25, -0.2) is 0 Å². The predicted molar refractivity (Wildman–Crippen MR) is 67.7 cm³/mol. The Kier molecular flexibility index (Phi) is 3.92.